The van der Waals surface area contributed by atoms with Crippen LogP contribution >= 0.6 is 27.5 Å². The second-order valence-corrected chi connectivity index (χ2v) is 7.64. The lowest BCUT2D eigenvalue weighted by molar-refractivity contribution is -0.137. The van der Waals surface area contributed by atoms with E-state index in [-0.39, 0.29) is 18.3 Å². The van der Waals surface area contributed by atoms with Crippen molar-refractivity contribution in [1.82, 2.24) is 20.3 Å². The van der Waals surface area contributed by atoms with Crippen LogP contribution < -0.4 is 16.0 Å². The van der Waals surface area contributed by atoms with Crippen LogP contribution in [0.2, 0.25) is 5.02 Å². The van der Waals surface area contributed by atoms with Gasteiger partial charge in [-0.15, -0.1) is 0 Å². The van der Waals surface area contributed by atoms with Gasteiger partial charge in [0.1, 0.15) is 12.1 Å². The van der Waals surface area contributed by atoms with E-state index in [1.54, 1.807) is 6.20 Å². The summed E-state index contributed by atoms with van der Waals surface area (Å²) in [5.74, 6) is 0.538. The van der Waals surface area contributed by atoms with Crippen LogP contribution in [0.1, 0.15) is 12.5 Å². The van der Waals surface area contributed by atoms with Crippen LogP contribution in [0.3, 0.4) is 0 Å². The third-order valence-corrected chi connectivity index (χ3v) is 4.70. The summed E-state index contributed by atoms with van der Waals surface area (Å²) in [6, 6.07) is 4.06. The number of nitrogens with one attached hydrogen (secondary N) is 3. The summed E-state index contributed by atoms with van der Waals surface area (Å²) in [7, 11) is 0. The molecule has 0 radical (unpaired) electrons. The Balaban J connectivity index is 1.60. The van der Waals surface area contributed by atoms with Crippen molar-refractivity contribution in [3.63, 3.8) is 0 Å². The average molecular weight is 504 g/mol. The van der Waals surface area contributed by atoms with Gasteiger partial charge in [0.05, 0.1) is 16.0 Å². The number of amides is 2. The number of carbonyl (C=O) groups excluding carboxylic acids is 1. The Labute approximate surface area is 182 Å². The van der Waals surface area contributed by atoms with E-state index in [0.717, 1.165) is 16.6 Å². The highest BCUT2D eigenvalue weighted by atomic mass is 79.9. The molecule has 0 saturated carbocycles. The molecule has 0 aliphatic rings. The van der Waals surface area contributed by atoms with E-state index < -0.39 is 22.8 Å². The van der Waals surface area contributed by atoms with Gasteiger partial charge in [-0.3, -0.25) is 0 Å². The first-order valence-electron chi connectivity index (χ1n) is 8.58. The number of aromatic nitrogens is 3. The van der Waals surface area contributed by atoms with Crippen molar-refractivity contribution in [3.05, 3.63) is 51.8 Å². The van der Waals surface area contributed by atoms with E-state index in [0.29, 0.717) is 16.9 Å². The lowest BCUT2D eigenvalue weighted by Crippen LogP contribution is -2.37. The van der Waals surface area contributed by atoms with E-state index in [4.69, 9.17) is 11.6 Å². The van der Waals surface area contributed by atoms with Crippen molar-refractivity contribution in [3.8, 4) is 0 Å². The zero-order chi connectivity index (χ0) is 21.9. The molecule has 0 aliphatic carbocycles. The molecule has 0 aliphatic heterocycles. The summed E-state index contributed by atoms with van der Waals surface area (Å²) in [5.41, 5.74) is -0.535. The molecule has 2 aromatic heterocycles. The van der Waals surface area contributed by atoms with Gasteiger partial charge in [0.2, 0.25) is 0 Å². The number of carbonyl (C=O) groups is 1. The molecule has 0 bridgehead atoms. The fourth-order valence-corrected chi connectivity index (χ4v) is 3.12. The van der Waals surface area contributed by atoms with Crippen molar-refractivity contribution < 1.29 is 18.0 Å². The van der Waals surface area contributed by atoms with E-state index in [9.17, 15) is 18.0 Å². The van der Waals surface area contributed by atoms with E-state index >= 15 is 0 Å². The van der Waals surface area contributed by atoms with Crippen molar-refractivity contribution in [2.24, 2.45) is 0 Å². The maximum Gasteiger partial charge on any atom is 0.417 e. The minimum Gasteiger partial charge on any atom is -0.365 e. The van der Waals surface area contributed by atoms with Gasteiger partial charge in [-0.05, 0) is 47.1 Å². The van der Waals surface area contributed by atoms with Crippen molar-refractivity contribution in [1.29, 1.82) is 0 Å². The molecule has 1 aromatic carbocycles. The van der Waals surface area contributed by atoms with Crippen LogP contribution in [0.15, 0.2) is 41.3 Å². The largest absolute Gasteiger partial charge is 0.417 e. The molecule has 12 heteroatoms. The van der Waals surface area contributed by atoms with Gasteiger partial charge in [-0.2, -0.15) is 13.2 Å². The van der Waals surface area contributed by atoms with Gasteiger partial charge in [-0.1, -0.05) is 11.6 Å². The molecule has 0 spiro atoms. The van der Waals surface area contributed by atoms with Crippen molar-refractivity contribution in [2.75, 3.05) is 17.2 Å². The quantitative estimate of drug-likeness (QED) is 0.452. The maximum absolute atomic E-state index is 12.9. The van der Waals surface area contributed by atoms with Gasteiger partial charge in [-0.25, -0.2) is 19.7 Å². The highest BCUT2D eigenvalue weighted by molar-refractivity contribution is 9.10. The first-order valence-corrected chi connectivity index (χ1v) is 9.75. The highest BCUT2D eigenvalue weighted by Gasteiger charge is 2.33. The Kier molecular flexibility index (Phi) is 6.61. The summed E-state index contributed by atoms with van der Waals surface area (Å²) in [6.45, 7) is 1.99. The molecule has 0 saturated heterocycles. The number of hydrogen-bond donors (Lipinski definition) is 3. The minimum atomic E-state index is -4.62. The monoisotopic (exact) mass is 502 g/mol. The summed E-state index contributed by atoms with van der Waals surface area (Å²) in [4.78, 5) is 24.5. The molecule has 3 aromatic rings. The number of benzene rings is 1. The number of fused-ring (bicyclic) bond motifs is 1. The van der Waals surface area contributed by atoms with Crippen LogP contribution in [0.4, 0.5) is 29.5 Å². The van der Waals surface area contributed by atoms with E-state index in [2.05, 4.69) is 46.8 Å². The molecule has 1 unspecified atom stereocenters. The molecule has 30 heavy (non-hydrogen) atoms. The number of halogens is 5. The van der Waals surface area contributed by atoms with Crippen molar-refractivity contribution >= 4 is 56.1 Å². The molecular weight excluding hydrogens is 489 g/mol. The summed E-state index contributed by atoms with van der Waals surface area (Å²) in [6.07, 6.45) is -1.62. The normalized spacial score (nSPS) is 12.5. The van der Waals surface area contributed by atoms with Gasteiger partial charge in [0, 0.05) is 28.9 Å². The van der Waals surface area contributed by atoms with E-state index in [1.807, 2.05) is 13.0 Å². The van der Waals surface area contributed by atoms with Crippen LogP contribution in [0, 0.1) is 0 Å². The number of urea groups is 1. The van der Waals surface area contributed by atoms with Gasteiger partial charge in [0.25, 0.3) is 0 Å². The zero-order valence-corrected chi connectivity index (χ0v) is 17.7. The maximum atomic E-state index is 12.9. The second kappa shape index (κ2) is 9.00. The highest BCUT2D eigenvalue weighted by Crippen LogP contribution is 2.36. The molecule has 1 atom stereocenters. The molecule has 158 valence electrons. The Hall–Kier alpha value is -2.66. The lowest BCUT2D eigenvalue weighted by Gasteiger charge is -2.17. The predicted molar refractivity (Wildman–Crippen MR) is 112 cm³/mol. The van der Waals surface area contributed by atoms with Crippen LogP contribution in [-0.4, -0.2) is 33.6 Å². The molecule has 7 nitrogen and oxygen atoms in total. The third-order valence-electron chi connectivity index (χ3n) is 3.94. The topological polar surface area (TPSA) is 91.8 Å². The second-order valence-electron chi connectivity index (χ2n) is 6.32. The van der Waals surface area contributed by atoms with Crippen LogP contribution in [-0.2, 0) is 6.18 Å². The minimum absolute atomic E-state index is 0.0254. The Bertz CT molecular complexity index is 1080. The standard InChI is InChI=1S/C18H15BrClF3N6O/c1-9(28-16-12-4-10(19)7-24-15(12)26-8-27-16)6-25-17(30)29-11-2-3-14(20)13(5-11)18(21,22)23/h2-5,7-9H,6H2,1H3,(H2,25,29,30)(H,24,26,27,28). The summed E-state index contributed by atoms with van der Waals surface area (Å²) in [5, 5.41) is 8.35. The summed E-state index contributed by atoms with van der Waals surface area (Å²) < 4.78 is 39.5. The Morgan fingerprint density at radius 1 is 1.23 bits per heavy atom. The van der Waals surface area contributed by atoms with Crippen LogP contribution in [0.5, 0.6) is 0 Å². The molecule has 0 fully saturated rings. The number of pyridine rings is 1. The number of anilines is 2. The molecule has 2 heterocycles. The molecule has 3 N–H and O–H groups in total. The number of hydrogen-bond acceptors (Lipinski definition) is 5. The number of rotatable bonds is 5. The smallest absolute Gasteiger partial charge is 0.365 e. The lowest BCUT2D eigenvalue weighted by atomic mass is 10.2. The molecule has 2 amide bonds. The first kappa shape index (κ1) is 22.0. The SMILES string of the molecule is CC(CNC(=O)Nc1ccc(Cl)c(C(F)(F)F)c1)Nc1ncnc2ncc(Br)cc12. The summed E-state index contributed by atoms with van der Waals surface area (Å²) >= 11 is 8.92. The zero-order valence-electron chi connectivity index (χ0n) is 15.4. The average Bonchev–Trinajstić information content (AvgIpc) is 2.67. The molecule has 3 rings (SSSR count). The van der Waals surface area contributed by atoms with Gasteiger partial charge < -0.3 is 16.0 Å². The fraction of sp³-hybridized carbons (Fsp3) is 0.222. The van der Waals surface area contributed by atoms with Gasteiger partial charge in [0.15, 0.2) is 5.65 Å². The Morgan fingerprint density at radius 2 is 2.00 bits per heavy atom. The van der Waals surface area contributed by atoms with Crippen molar-refractivity contribution in [2.45, 2.75) is 19.1 Å². The number of alkyl halides is 3. The number of nitrogens with zero attached hydrogens (tertiary/aromatic N) is 3. The van der Waals surface area contributed by atoms with E-state index in [1.165, 1.54) is 12.4 Å². The van der Waals surface area contributed by atoms with Gasteiger partial charge >= 0.3 is 12.2 Å². The predicted octanol–water partition coefficient (Wildman–Crippen LogP) is 5.08. The van der Waals surface area contributed by atoms with Crippen LogP contribution in [0.25, 0.3) is 11.0 Å². The molecular formula is C18H15BrClF3N6O. The first-order chi connectivity index (χ1) is 14.1. The fourth-order valence-electron chi connectivity index (χ4n) is 2.56. The third kappa shape index (κ3) is 5.48. The Morgan fingerprint density at radius 3 is 2.73 bits per heavy atom.